The number of H-pyrrole nitrogens is 2. The third-order valence-corrected chi connectivity index (χ3v) is 4.63. The molecule has 27 heavy (non-hydrogen) atoms. The zero-order valence-electron chi connectivity index (χ0n) is 15.5. The molecule has 142 valence electrons. The smallest absolute Gasteiger partial charge is 0.265 e. The number of pyridine rings is 1. The number of likely N-dealkylation sites (N-methyl/N-ethyl adjacent to an activating group) is 1. The first kappa shape index (κ1) is 18.7. The third-order valence-electron chi connectivity index (χ3n) is 4.63. The van der Waals surface area contributed by atoms with Crippen LogP contribution in [0.4, 0.5) is 0 Å². The number of aromatic nitrogens is 2. The van der Waals surface area contributed by atoms with Crippen molar-refractivity contribution in [3.63, 3.8) is 0 Å². The lowest BCUT2D eigenvalue weighted by atomic mass is 10.1. The van der Waals surface area contributed by atoms with E-state index in [1.165, 1.54) is 6.07 Å². The van der Waals surface area contributed by atoms with Crippen LogP contribution in [0.5, 0.6) is 5.75 Å². The molecule has 0 saturated heterocycles. The minimum absolute atomic E-state index is 0.0868. The molecular formula is C20H24N4O3. The van der Waals surface area contributed by atoms with Crippen LogP contribution in [0.25, 0.3) is 22.2 Å². The fraction of sp³-hybridized carbons (Fsp3) is 0.300. The van der Waals surface area contributed by atoms with Crippen LogP contribution >= 0.6 is 0 Å². The zero-order chi connectivity index (χ0) is 19.4. The van der Waals surface area contributed by atoms with Crippen LogP contribution in [0.3, 0.4) is 0 Å². The Morgan fingerprint density at radius 2 is 1.89 bits per heavy atom. The summed E-state index contributed by atoms with van der Waals surface area (Å²) in [6.45, 7) is 7.78. The molecule has 7 heteroatoms. The van der Waals surface area contributed by atoms with E-state index < -0.39 is 5.91 Å². The van der Waals surface area contributed by atoms with Gasteiger partial charge in [0.1, 0.15) is 18.1 Å². The Bertz CT molecular complexity index is 1000. The number of benzene rings is 1. The number of nitrogens with one attached hydrogen (secondary N) is 2. The lowest BCUT2D eigenvalue weighted by Gasteiger charge is -2.17. The van der Waals surface area contributed by atoms with Crippen LogP contribution in [0.15, 0.2) is 41.2 Å². The molecule has 0 saturated carbocycles. The van der Waals surface area contributed by atoms with E-state index in [2.05, 4.69) is 28.7 Å². The average molecular weight is 368 g/mol. The average Bonchev–Trinajstić information content (AvgIpc) is 3.08. The molecule has 2 heterocycles. The van der Waals surface area contributed by atoms with Crippen LogP contribution in [-0.2, 0) is 0 Å². The van der Waals surface area contributed by atoms with Gasteiger partial charge in [0.05, 0.1) is 11.3 Å². The predicted molar refractivity (Wildman–Crippen MR) is 106 cm³/mol. The Morgan fingerprint density at radius 3 is 2.56 bits per heavy atom. The maximum atomic E-state index is 12.2. The zero-order valence-corrected chi connectivity index (χ0v) is 15.5. The number of carbonyl (C=O) groups excluding carboxylic acids is 1. The van der Waals surface area contributed by atoms with Gasteiger partial charge in [0, 0.05) is 17.4 Å². The molecule has 2 aromatic heterocycles. The summed E-state index contributed by atoms with van der Waals surface area (Å²) in [4.78, 5) is 31.4. The van der Waals surface area contributed by atoms with E-state index in [1.54, 1.807) is 6.07 Å². The molecule has 7 nitrogen and oxygen atoms in total. The standard InChI is InChI=1S/C20H24N4O3/c1-3-24(4-2)9-10-27-14-5-7-16-13(11-14)12-18(22-16)15-6-8-17(19(21)25)23-20(15)26/h5-8,11-12,22H,3-4,9-10H2,1-2H3,(H2,21,25)(H,23,26). The molecular weight excluding hydrogens is 344 g/mol. The topological polar surface area (TPSA) is 104 Å². The molecule has 4 N–H and O–H groups in total. The molecule has 0 spiro atoms. The van der Waals surface area contributed by atoms with Crippen LogP contribution in [0.1, 0.15) is 24.3 Å². The number of hydrogen-bond acceptors (Lipinski definition) is 4. The quantitative estimate of drug-likeness (QED) is 0.568. The molecule has 0 atom stereocenters. The summed E-state index contributed by atoms with van der Waals surface area (Å²) in [5.41, 5.74) is 6.93. The van der Waals surface area contributed by atoms with Crippen molar-refractivity contribution in [2.75, 3.05) is 26.2 Å². The van der Waals surface area contributed by atoms with E-state index in [4.69, 9.17) is 10.5 Å². The van der Waals surface area contributed by atoms with Crippen molar-refractivity contribution in [1.82, 2.24) is 14.9 Å². The van der Waals surface area contributed by atoms with Gasteiger partial charge < -0.3 is 25.3 Å². The van der Waals surface area contributed by atoms with Crippen LogP contribution in [0.2, 0.25) is 0 Å². The van der Waals surface area contributed by atoms with Crippen molar-refractivity contribution >= 4 is 16.8 Å². The van der Waals surface area contributed by atoms with Gasteiger partial charge in [0.25, 0.3) is 11.5 Å². The Kier molecular flexibility index (Phi) is 5.61. The Hall–Kier alpha value is -3.06. The number of rotatable bonds is 8. The summed E-state index contributed by atoms with van der Waals surface area (Å²) in [6.07, 6.45) is 0. The number of carbonyl (C=O) groups is 1. The summed E-state index contributed by atoms with van der Waals surface area (Å²) >= 11 is 0. The second-order valence-corrected chi connectivity index (χ2v) is 6.29. The Labute approximate surface area is 157 Å². The van der Waals surface area contributed by atoms with Crippen molar-refractivity contribution in [3.05, 3.63) is 52.4 Å². The summed E-state index contributed by atoms with van der Waals surface area (Å²) < 4.78 is 5.85. The first-order valence-electron chi connectivity index (χ1n) is 9.03. The van der Waals surface area contributed by atoms with E-state index in [9.17, 15) is 9.59 Å². The molecule has 0 bridgehead atoms. The molecule has 0 aliphatic carbocycles. The minimum Gasteiger partial charge on any atom is -0.492 e. The van der Waals surface area contributed by atoms with Gasteiger partial charge in [-0.2, -0.15) is 0 Å². The highest BCUT2D eigenvalue weighted by atomic mass is 16.5. The largest absolute Gasteiger partial charge is 0.492 e. The molecule has 1 aromatic carbocycles. The highest BCUT2D eigenvalue weighted by Crippen LogP contribution is 2.25. The van der Waals surface area contributed by atoms with Gasteiger partial charge in [-0.1, -0.05) is 13.8 Å². The number of fused-ring (bicyclic) bond motifs is 1. The van der Waals surface area contributed by atoms with Gasteiger partial charge >= 0.3 is 0 Å². The Balaban J connectivity index is 1.80. The highest BCUT2D eigenvalue weighted by molar-refractivity contribution is 5.91. The molecule has 0 fully saturated rings. The molecule has 0 aliphatic rings. The Morgan fingerprint density at radius 1 is 1.11 bits per heavy atom. The van der Waals surface area contributed by atoms with Crippen molar-refractivity contribution in [1.29, 1.82) is 0 Å². The monoisotopic (exact) mass is 368 g/mol. The molecule has 0 aliphatic heterocycles. The van der Waals surface area contributed by atoms with E-state index in [0.29, 0.717) is 17.9 Å². The second kappa shape index (κ2) is 8.09. The fourth-order valence-corrected chi connectivity index (χ4v) is 3.01. The van der Waals surface area contributed by atoms with Gasteiger partial charge in [-0.3, -0.25) is 9.59 Å². The van der Waals surface area contributed by atoms with Crippen molar-refractivity contribution in [2.24, 2.45) is 5.73 Å². The lowest BCUT2D eigenvalue weighted by Crippen LogP contribution is -2.27. The van der Waals surface area contributed by atoms with Crippen molar-refractivity contribution < 1.29 is 9.53 Å². The third kappa shape index (κ3) is 4.20. The van der Waals surface area contributed by atoms with Gasteiger partial charge in [0.15, 0.2) is 0 Å². The number of hydrogen-bond donors (Lipinski definition) is 3. The van der Waals surface area contributed by atoms with Crippen LogP contribution < -0.4 is 16.0 Å². The van der Waals surface area contributed by atoms with Gasteiger partial charge in [0.2, 0.25) is 0 Å². The molecule has 0 unspecified atom stereocenters. The molecule has 1 amide bonds. The summed E-state index contributed by atoms with van der Waals surface area (Å²) in [7, 11) is 0. The number of ether oxygens (including phenoxy) is 1. The first-order chi connectivity index (χ1) is 13.0. The molecule has 0 radical (unpaired) electrons. The maximum Gasteiger partial charge on any atom is 0.265 e. The van der Waals surface area contributed by atoms with E-state index in [1.807, 2.05) is 24.3 Å². The van der Waals surface area contributed by atoms with Crippen molar-refractivity contribution in [3.8, 4) is 17.0 Å². The number of aromatic amines is 2. The summed E-state index contributed by atoms with van der Waals surface area (Å²) in [6, 6.07) is 10.8. The number of nitrogens with zero attached hydrogens (tertiary/aromatic N) is 1. The van der Waals surface area contributed by atoms with Gasteiger partial charge in [-0.05, 0) is 49.5 Å². The molecule has 3 aromatic rings. The normalized spacial score (nSPS) is 11.2. The summed E-state index contributed by atoms with van der Waals surface area (Å²) in [5, 5.41) is 0.948. The minimum atomic E-state index is -0.665. The number of nitrogens with two attached hydrogens (primary N) is 1. The maximum absolute atomic E-state index is 12.2. The predicted octanol–water partition coefficient (Wildman–Crippen LogP) is 2.34. The SMILES string of the molecule is CCN(CC)CCOc1ccc2[nH]c(-c3ccc(C(N)=O)[nH]c3=O)cc2c1. The molecule has 3 rings (SSSR count). The summed E-state index contributed by atoms with van der Waals surface area (Å²) in [5.74, 6) is 0.125. The number of amides is 1. The number of primary amides is 1. The van der Waals surface area contributed by atoms with E-state index >= 15 is 0 Å². The second-order valence-electron chi connectivity index (χ2n) is 6.29. The van der Waals surface area contributed by atoms with Crippen LogP contribution in [0, 0.1) is 0 Å². The van der Waals surface area contributed by atoms with E-state index in [-0.39, 0.29) is 11.3 Å². The lowest BCUT2D eigenvalue weighted by molar-refractivity contribution is 0.0995. The first-order valence-corrected chi connectivity index (χ1v) is 9.03. The highest BCUT2D eigenvalue weighted by Gasteiger charge is 2.10. The van der Waals surface area contributed by atoms with E-state index in [0.717, 1.165) is 36.3 Å². The fourth-order valence-electron chi connectivity index (χ4n) is 3.01. The van der Waals surface area contributed by atoms with Crippen molar-refractivity contribution in [2.45, 2.75) is 13.8 Å². The van der Waals surface area contributed by atoms with Gasteiger partial charge in [-0.25, -0.2) is 0 Å². The van der Waals surface area contributed by atoms with Gasteiger partial charge in [-0.15, -0.1) is 0 Å². The van der Waals surface area contributed by atoms with Crippen LogP contribution in [-0.4, -0.2) is 47.0 Å².